The summed E-state index contributed by atoms with van der Waals surface area (Å²) in [5.74, 6) is 0.897. The topological polar surface area (TPSA) is 42.5 Å². The Balaban J connectivity index is 1.47. The molecule has 4 nitrogen and oxygen atoms in total. The summed E-state index contributed by atoms with van der Waals surface area (Å²) in [4.78, 5) is 5.35. The summed E-state index contributed by atoms with van der Waals surface area (Å²) in [6.07, 6.45) is 8.41. The number of furan rings is 1. The van der Waals surface area contributed by atoms with Crippen molar-refractivity contribution in [3.05, 3.63) is 133 Å². The number of para-hydroxylation sites is 2. The van der Waals surface area contributed by atoms with Gasteiger partial charge in [-0.1, -0.05) is 97.1 Å². The number of rotatable bonds is 2. The number of hydrogen-bond donors (Lipinski definition) is 1. The maximum atomic E-state index is 6.25. The van der Waals surface area contributed by atoms with Crippen LogP contribution in [0.1, 0.15) is 5.56 Å². The molecule has 0 bridgehead atoms. The third-order valence-corrected chi connectivity index (χ3v) is 8.20. The predicted molar refractivity (Wildman–Crippen MR) is 166 cm³/mol. The quantitative estimate of drug-likeness (QED) is 0.251. The molecule has 4 heteroatoms. The molecule has 1 unspecified atom stereocenters. The molecule has 40 heavy (non-hydrogen) atoms. The highest BCUT2D eigenvalue weighted by molar-refractivity contribution is 6.27. The molecular formula is C36H23N3O. The first-order valence-electron chi connectivity index (χ1n) is 13.6. The lowest BCUT2D eigenvalue weighted by Crippen LogP contribution is -2.37. The highest BCUT2D eigenvalue weighted by Gasteiger charge is 2.27. The van der Waals surface area contributed by atoms with E-state index >= 15 is 0 Å². The average molecular weight is 514 g/mol. The van der Waals surface area contributed by atoms with Crippen LogP contribution in [-0.2, 0) is 0 Å². The average Bonchev–Trinajstić information content (AvgIpc) is 3.57. The van der Waals surface area contributed by atoms with E-state index in [4.69, 9.17) is 9.41 Å². The number of aliphatic imine (C=N–C) groups is 1. The highest BCUT2D eigenvalue weighted by Crippen LogP contribution is 2.42. The van der Waals surface area contributed by atoms with Crippen LogP contribution in [0, 0.1) is 0 Å². The zero-order valence-corrected chi connectivity index (χ0v) is 21.5. The van der Waals surface area contributed by atoms with Crippen LogP contribution in [0.25, 0.3) is 66.0 Å². The van der Waals surface area contributed by atoms with E-state index in [0.29, 0.717) is 0 Å². The van der Waals surface area contributed by atoms with E-state index in [2.05, 4.69) is 125 Å². The molecule has 1 N–H and O–H groups in total. The molecule has 2 aliphatic rings. The Kier molecular flexibility index (Phi) is 4.35. The maximum Gasteiger partial charge on any atom is 0.162 e. The fourth-order valence-electron chi connectivity index (χ4n) is 6.45. The largest absolute Gasteiger partial charge is 0.456 e. The fraction of sp³-hybridized carbons (Fsp3) is 0.0278. The second kappa shape index (κ2) is 8.08. The van der Waals surface area contributed by atoms with E-state index in [0.717, 1.165) is 55.8 Å². The zero-order valence-electron chi connectivity index (χ0n) is 21.5. The Hall–Kier alpha value is -5.35. The van der Waals surface area contributed by atoms with Crippen LogP contribution in [0.3, 0.4) is 0 Å². The van der Waals surface area contributed by atoms with Gasteiger partial charge in [-0.2, -0.15) is 0 Å². The number of hydrogen-bond acceptors (Lipinski definition) is 3. The normalized spacial score (nSPS) is 16.8. The standard InChI is InChI=1S/C36H23N3O/c1-2-10-22(11-3-1)34-36(38-29-15-7-6-14-28(29)37-34)39-30-16-8-4-12-23(30)25-19-18-24-26(35(25)39)20-21-32-33(24)27-13-5-9-17-31(27)40-32/h1-21,28,37H. The van der Waals surface area contributed by atoms with Gasteiger partial charge in [0.2, 0.25) is 0 Å². The van der Waals surface area contributed by atoms with Crippen molar-refractivity contribution >= 4 is 71.7 Å². The molecule has 1 atom stereocenters. The molecule has 9 rings (SSSR count). The first-order valence-corrected chi connectivity index (χ1v) is 13.6. The van der Waals surface area contributed by atoms with Gasteiger partial charge in [-0.15, -0.1) is 0 Å². The fourth-order valence-corrected chi connectivity index (χ4v) is 6.45. The Bertz CT molecular complexity index is 2290. The Morgan fingerprint density at radius 1 is 0.650 bits per heavy atom. The van der Waals surface area contributed by atoms with E-state index in [-0.39, 0.29) is 6.04 Å². The number of aromatic nitrogens is 1. The molecule has 1 aliphatic heterocycles. The van der Waals surface area contributed by atoms with Crippen molar-refractivity contribution in [2.45, 2.75) is 6.04 Å². The van der Waals surface area contributed by atoms with E-state index in [1.807, 2.05) is 12.1 Å². The van der Waals surface area contributed by atoms with E-state index < -0.39 is 0 Å². The first kappa shape index (κ1) is 21.6. The van der Waals surface area contributed by atoms with Crippen LogP contribution in [0.2, 0.25) is 0 Å². The first-order chi connectivity index (χ1) is 19.8. The predicted octanol–water partition coefficient (Wildman–Crippen LogP) is 8.67. The van der Waals surface area contributed by atoms with Crippen molar-refractivity contribution in [3.63, 3.8) is 0 Å². The van der Waals surface area contributed by atoms with Gasteiger partial charge in [0, 0.05) is 32.5 Å². The van der Waals surface area contributed by atoms with Crippen LogP contribution in [0.15, 0.2) is 137 Å². The molecule has 0 amide bonds. The summed E-state index contributed by atoms with van der Waals surface area (Å²) in [5, 5.41) is 10.9. The second-order valence-electron chi connectivity index (χ2n) is 10.4. The van der Waals surface area contributed by atoms with Gasteiger partial charge in [0.1, 0.15) is 11.2 Å². The summed E-state index contributed by atoms with van der Waals surface area (Å²) in [5.41, 5.74) is 7.22. The molecule has 0 spiro atoms. The van der Waals surface area contributed by atoms with Gasteiger partial charge < -0.3 is 9.73 Å². The lowest BCUT2D eigenvalue weighted by Gasteiger charge is -2.28. The van der Waals surface area contributed by atoms with Crippen LogP contribution >= 0.6 is 0 Å². The minimum atomic E-state index is 0.0331. The van der Waals surface area contributed by atoms with Crippen LogP contribution < -0.4 is 5.32 Å². The molecule has 1 aliphatic carbocycles. The monoisotopic (exact) mass is 513 g/mol. The minimum absolute atomic E-state index is 0.0331. The summed E-state index contributed by atoms with van der Waals surface area (Å²) in [7, 11) is 0. The molecule has 3 heterocycles. The van der Waals surface area contributed by atoms with Crippen LogP contribution in [0.5, 0.6) is 0 Å². The zero-order chi connectivity index (χ0) is 26.2. The molecule has 7 aromatic rings. The van der Waals surface area contributed by atoms with Gasteiger partial charge in [0.05, 0.1) is 28.5 Å². The van der Waals surface area contributed by atoms with Crippen molar-refractivity contribution in [2.24, 2.45) is 4.99 Å². The van der Waals surface area contributed by atoms with E-state index in [9.17, 15) is 0 Å². The van der Waals surface area contributed by atoms with Gasteiger partial charge in [-0.05, 0) is 35.7 Å². The summed E-state index contributed by atoms with van der Waals surface area (Å²) in [6.45, 7) is 0. The lowest BCUT2D eigenvalue weighted by molar-refractivity contribution is 0.669. The van der Waals surface area contributed by atoms with Crippen molar-refractivity contribution in [3.8, 4) is 0 Å². The van der Waals surface area contributed by atoms with Crippen molar-refractivity contribution < 1.29 is 4.42 Å². The van der Waals surface area contributed by atoms with Crippen molar-refractivity contribution in [2.75, 3.05) is 0 Å². The second-order valence-corrected chi connectivity index (χ2v) is 10.4. The Morgan fingerprint density at radius 2 is 1.40 bits per heavy atom. The molecule has 0 saturated carbocycles. The Morgan fingerprint density at radius 3 is 2.33 bits per heavy atom. The van der Waals surface area contributed by atoms with Gasteiger partial charge in [-0.25, -0.2) is 4.99 Å². The SMILES string of the molecule is C1=CC2=NC(n3c4ccccc4c4ccc5c(ccc6oc7ccccc7c65)c43)=C(c3ccccc3)NC2C=C1. The summed E-state index contributed by atoms with van der Waals surface area (Å²) >= 11 is 0. The van der Waals surface area contributed by atoms with E-state index in [1.165, 1.54) is 21.5 Å². The van der Waals surface area contributed by atoms with Gasteiger partial charge in [0.15, 0.2) is 5.82 Å². The number of nitrogens with zero attached hydrogens (tertiary/aromatic N) is 2. The molecule has 0 fully saturated rings. The van der Waals surface area contributed by atoms with Crippen LogP contribution in [0.4, 0.5) is 0 Å². The van der Waals surface area contributed by atoms with Gasteiger partial charge in [0.25, 0.3) is 0 Å². The molecule has 2 aromatic heterocycles. The lowest BCUT2D eigenvalue weighted by atomic mass is 10.0. The molecule has 188 valence electrons. The van der Waals surface area contributed by atoms with Crippen molar-refractivity contribution in [1.29, 1.82) is 0 Å². The van der Waals surface area contributed by atoms with Gasteiger partial charge in [-0.3, -0.25) is 4.57 Å². The number of benzene rings is 5. The Labute approximate surface area is 229 Å². The molecular weight excluding hydrogens is 490 g/mol. The number of fused-ring (bicyclic) bond motifs is 10. The minimum Gasteiger partial charge on any atom is -0.456 e. The number of nitrogens with one attached hydrogen (secondary N) is 1. The third kappa shape index (κ3) is 2.93. The smallest absolute Gasteiger partial charge is 0.162 e. The maximum absolute atomic E-state index is 6.25. The molecule has 0 radical (unpaired) electrons. The number of allylic oxidation sites excluding steroid dienone is 2. The summed E-state index contributed by atoms with van der Waals surface area (Å²) in [6, 6.07) is 36.3. The van der Waals surface area contributed by atoms with E-state index in [1.54, 1.807) is 0 Å². The van der Waals surface area contributed by atoms with Gasteiger partial charge >= 0.3 is 0 Å². The molecule has 5 aromatic carbocycles. The van der Waals surface area contributed by atoms with Crippen molar-refractivity contribution in [1.82, 2.24) is 9.88 Å². The third-order valence-electron chi connectivity index (χ3n) is 8.20. The van der Waals surface area contributed by atoms with Crippen LogP contribution in [-0.4, -0.2) is 16.3 Å². The highest BCUT2D eigenvalue weighted by atomic mass is 16.3. The molecule has 0 saturated heterocycles. The summed E-state index contributed by atoms with van der Waals surface area (Å²) < 4.78 is 8.60.